The minimum Gasteiger partial charge on any atom is -0.399 e. The van der Waals surface area contributed by atoms with Gasteiger partial charge in [0.15, 0.2) is 0 Å². The van der Waals surface area contributed by atoms with Gasteiger partial charge in [-0.2, -0.15) is 0 Å². The van der Waals surface area contributed by atoms with Gasteiger partial charge in [-0.3, -0.25) is 0 Å². The Labute approximate surface area is 225 Å². The number of para-hydroxylation sites is 1. The highest BCUT2D eigenvalue weighted by Gasteiger charge is 2.51. The summed E-state index contributed by atoms with van der Waals surface area (Å²) < 4.78 is 12.6. The molecule has 0 spiro atoms. The molecule has 1 saturated heterocycles. The summed E-state index contributed by atoms with van der Waals surface area (Å²) >= 11 is 0. The van der Waals surface area contributed by atoms with E-state index in [1.54, 1.807) is 6.08 Å². The molecule has 0 amide bonds. The summed E-state index contributed by atoms with van der Waals surface area (Å²) in [6, 6.07) is 19.3. The first-order chi connectivity index (χ1) is 17.5. The average Bonchev–Trinajstić information content (AvgIpc) is 3.09. The van der Waals surface area contributed by atoms with Crippen molar-refractivity contribution in [3.05, 3.63) is 122 Å². The van der Waals surface area contributed by atoms with E-state index in [1.807, 2.05) is 24.3 Å². The number of hydrogen-bond acceptors (Lipinski definition) is 3. The zero-order chi connectivity index (χ0) is 27.3. The number of rotatable bonds is 11. The van der Waals surface area contributed by atoms with Crippen molar-refractivity contribution < 1.29 is 9.31 Å². The molecular weight excluding hydrogens is 453 g/mol. The van der Waals surface area contributed by atoms with E-state index in [9.17, 15) is 0 Å². The fourth-order valence-corrected chi connectivity index (χ4v) is 4.49. The first-order valence-electron chi connectivity index (χ1n) is 13.0. The van der Waals surface area contributed by atoms with Gasteiger partial charge in [0, 0.05) is 22.8 Å². The van der Waals surface area contributed by atoms with E-state index in [1.165, 1.54) is 5.56 Å². The van der Waals surface area contributed by atoms with Crippen molar-refractivity contribution >= 4 is 18.5 Å². The molecule has 2 aromatic rings. The van der Waals surface area contributed by atoms with Crippen LogP contribution in [-0.4, -0.2) is 24.4 Å². The molecule has 1 fully saturated rings. The van der Waals surface area contributed by atoms with E-state index in [0.717, 1.165) is 23.3 Å². The number of benzene rings is 2. The predicted molar refractivity (Wildman–Crippen MR) is 160 cm³/mol. The smallest absolute Gasteiger partial charge is 0.399 e. The van der Waals surface area contributed by atoms with Crippen molar-refractivity contribution in [2.75, 3.05) is 4.90 Å². The van der Waals surface area contributed by atoms with Gasteiger partial charge >= 0.3 is 7.12 Å². The summed E-state index contributed by atoms with van der Waals surface area (Å²) in [5.41, 5.74) is 3.45. The Hall–Kier alpha value is -3.08. The lowest BCUT2D eigenvalue weighted by Gasteiger charge is -2.32. The second kappa shape index (κ2) is 11.5. The van der Waals surface area contributed by atoms with E-state index in [2.05, 4.69) is 127 Å². The molecule has 2 aromatic carbocycles. The Morgan fingerprint density at radius 3 is 2.03 bits per heavy atom. The van der Waals surface area contributed by atoms with Crippen LogP contribution in [0.25, 0.3) is 0 Å². The van der Waals surface area contributed by atoms with Crippen LogP contribution in [0.5, 0.6) is 0 Å². The third-order valence-electron chi connectivity index (χ3n) is 7.67. The van der Waals surface area contributed by atoms with Crippen molar-refractivity contribution in [3.63, 3.8) is 0 Å². The molecule has 0 bridgehead atoms. The van der Waals surface area contributed by atoms with E-state index >= 15 is 0 Å². The molecule has 4 heteroatoms. The fraction of sp³-hybridized carbons (Fsp3) is 0.333. The van der Waals surface area contributed by atoms with E-state index in [0.29, 0.717) is 0 Å². The molecule has 3 nitrogen and oxygen atoms in total. The maximum atomic E-state index is 6.30. The molecule has 0 saturated carbocycles. The Morgan fingerprint density at radius 1 is 0.946 bits per heavy atom. The monoisotopic (exact) mass is 495 g/mol. The molecule has 1 unspecified atom stereocenters. The molecule has 194 valence electrons. The molecule has 0 aromatic heterocycles. The van der Waals surface area contributed by atoms with Crippen LogP contribution in [0, 0.1) is 0 Å². The molecule has 2 atom stereocenters. The van der Waals surface area contributed by atoms with Crippen molar-refractivity contribution in [2.45, 2.75) is 70.6 Å². The van der Waals surface area contributed by atoms with Crippen molar-refractivity contribution in [1.29, 1.82) is 0 Å². The molecular formula is C33H42BNO2. The van der Waals surface area contributed by atoms with Crippen LogP contribution in [0.1, 0.15) is 53.5 Å². The third-order valence-corrected chi connectivity index (χ3v) is 7.67. The van der Waals surface area contributed by atoms with Gasteiger partial charge in [0.1, 0.15) is 0 Å². The maximum absolute atomic E-state index is 6.30. The van der Waals surface area contributed by atoms with Gasteiger partial charge in [-0.05, 0) is 76.3 Å². The SMILES string of the molecule is C=C/C=C(\C=C/C(C)N(c1ccccc1)c1ccc([C@@](C)(C=C)CC=C)cc1)B1OC(C)(C)C(C)(C)O1. The van der Waals surface area contributed by atoms with E-state index in [4.69, 9.17) is 9.31 Å². The van der Waals surface area contributed by atoms with Gasteiger partial charge in [0.05, 0.1) is 11.2 Å². The molecule has 1 heterocycles. The van der Waals surface area contributed by atoms with Crippen LogP contribution in [-0.2, 0) is 14.7 Å². The Bertz CT molecular complexity index is 1130. The molecule has 0 radical (unpaired) electrons. The summed E-state index contributed by atoms with van der Waals surface area (Å²) in [7, 11) is -0.447. The van der Waals surface area contributed by atoms with Crippen LogP contribution in [0.4, 0.5) is 11.4 Å². The quantitative estimate of drug-likeness (QED) is 0.177. The number of allylic oxidation sites excluding steroid dienone is 6. The average molecular weight is 496 g/mol. The van der Waals surface area contributed by atoms with Crippen molar-refractivity contribution in [2.24, 2.45) is 0 Å². The fourth-order valence-electron chi connectivity index (χ4n) is 4.49. The summed E-state index contributed by atoms with van der Waals surface area (Å²) in [5.74, 6) is 0. The second-order valence-corrected chi connectivity index (χ2v) is 11.0. The predicted octanol–water partition coefficient (Wildman–Crippen LogP) is 8.53. The Balaban J connectivity index is 1.93. The lowest BCUT2D eigenvalue weighted by Crippen LogP contribution is -2.41. The highest BCUT2D eigenvalue weighted by molar-refractivity contribution is 6.55. The minimum atomic E-state index is -0.447. The van der Waals surface area contributed by atoms with Gasteiger partial charge in [-0.15, -0.1) is 13.2 Å². The molecule has 0 N–H and O–H groups in total. The highest BCUT2D eigenvalue weighted by atomic mass is 16.7. The van der Waals surface area contributed by atoms with E-state index < -0.39 is 18.3 Å². The Morgan fingerprint density at radius 2 is 1.51 bits per heavy atom. The number of hydrogen-bond donors (Lipinski definition) is 0. The molecule has 37 heavy (non-hydrogen) atoms. The second-order valence-electron chi connectivity index (χ2n) is 11.0. The summed E-state index contributed by atoms with van der Waals surface area (Å²) in [4.78, 5) is 2.33. The van der Waals surface area contributed by atoms with Crippen molar-refractivity contribution in [3.8, 4) is 0 Å². The molecule has 3 rings (SSSR count). The van der Waals surface area contributed by atoms with Gasteiger partial charge in [0.2, 0.25) is 0 Å². The number of nitrogens with zero attached hydrogens (tertiary/aromatic N) is 1. The Kier molecular flexibility index (Phi) is 8.89. The van der Waals surface area contributed by atoms with Crippen LogP contribution in [0.2, 0.25) is 0 Å². The van der Waals surface area contributed by atoms with Crippen molar-refractivity contribution in [1.82, 2.24) is 0 Å². The van der Waals surface area contributed by atoms with Crippen LogP contribution in [0.3, 0.4) is 0 Å². The standard InChI is InChI=1S/C33H42BNO2/c1-10-16-28(34-36-31(5,6)32(7,8)37-34)22-19-26(4)35(29-17-14-13-15-18-29)30-23-20-27(21-24-30)33(9,12-3)25-11-2/h10-24,26H,1-3,25H2,4-9H3/b22-19-,28-16+/t26?,33-/m0/s1. The third kappa shape index (κ3) is 6.26. The lowest BCUT2D eigenvalue weighted by atomic mass is 9.77. The van der Waals surface area contributed by atoms with Crippen LogP contribution in [0.15, 0.2) is 116 Å². The van der Waals surface area contributed by atoms with Gasteiger partial charge in [0.25, 0.3) is 0 Å². The molecule has 1 aliphatic heterocycles. The maximum Gasteiger partial charge on any atom is 0.494 e. The van der Waals surface area contributed by atoms with Crippen LogP contribution >= 0.6 is 0 Å². The first kappa shape index (κ1) is 28.5. The largest absolute Gasteiger partial charge is 0.494 e. The highest BCUT2D eigenvalue weighted by Crippen LogP contribution is 2.39. The molecule has 0 aliphatic carbocycles. The summed E-state index contributed by atoms with van der Waals surface area (Å²) in [6.45, 7) is 24.6. The number of anilines is 2. The topological polar surface area (TPSA) is 21.7 Å². The lowest BCUT2D eigenvalue weighted by molar-refractivity contribution is 0.00578. The van der Waals surface area contributed by atoms with Gasteiger partial charge in [-0.25, -0.2) is 0 Å². The summed E-state index contributed by atoms with van der Waals surface area (Å²) in [5, 5.41) is 0. The van der Waals surface area contributed by atoms with Gasteiger partial charge in [-0.1, -0.05) is 80.3 Å². The zero-order valence-electron chi connectivity index (χ0n) is 23.4. The van der Waals surface area contributed by atoms with Gasteiger partial charge < -0.3 is 14.2 Å². The minimum absolute atomic E-state index is 0.0582. The van der Waals surface area contributed by atoms with E-state index in [-0.39, 0.29) is 11.5 Å². The first-order valence-corrected chi connectivity index (χ1v) is 13.0. The molecule has 1 aliphatic rings. The zero-order valence-corrected chi connectivity index (χ0v) is 23.4. The normalized spacial score (nSPS) is 19.3. The summed E-state index contributed by atoms with van der Waals surface area (Å²) in [6.07, 6.45) is 12.8. The van der Waals surface area contributed by atoms with Crippen LogP contribution < -0.4 is 4.90 Å².